The summed E-state index contributed by atoms with van der Waals surface area (Å²) in [6, 6.07) is 7.79. The summed E-state index contributed by atoms with van der Waals surface area (Å²) in [7, 11) is 1.64. The average molecular weight is 416 g/mol. The Morgan fingerprint density at radius 1 is 1.17 bits per heavy atom. The van der Waals surface area contributed by atoms with Gasteiger partial charge < -0.3 is 19.1 Å². The molecule has 1 unspecified atom stereocenters. The van der Waals surface area contributed by atoms with Gasteiger partial charge in [-0.15, -0.1) is 0 Å². The molecule has 164 valence electrons. The van der Waals surface area contributed by atoms with Gasteiger partial charge in [-0.05, 0) is 37.0 Å². The summed E-state index contributed by atoms with van der Waals surface area (Å²) in [5.74, 6) is 1.57. The highest BCUT2D eigenvalue weighted by molar-refractivity contribution is 5.94. The third-order valence-electron chi connectivity index (χ3n) is 7.25. The fourth-order valence-electron chi connectivity index (χ4n) is 5.78. The predicted octanol–water partition coefficient (Wildman–Crippen LogP) is 1.33. The lowest BCUT2D eigenvalue weighted by Crippen LogP contribution is -2.81. The second kappa shape index (κ2) is 8.46. The summed E-state index contributed by atoms with van der Waals surface area (Å²) >= 11 is 0. The van der Waals surface area contributed by atoms with E-state index in [0.29, 0.717) is 12.2 Å². The van der Waals surface area contributed by atoms with Gasteiger partial charge in [-0.3, -0.25) is 14.6 Å². The first-order valence-electron chi connectivity index (χ1n) is 11.2. The first-order valence-corrected chi connectivity index (χ1v) is 11.2. The maximum absolute atomic E-state index is 13.4. The van der Waals surface area contributed by atoms with E-state index in [0.717, 1.165) is 70.8 Å². The third kappa shape index (κ3) is 3.84. The molecule has 0 aliphatic carbocycles. The molecule has 0 saturated carbocycles. The molecule has 0 N–H and O–H groups in total. The van der Waals surface area contributed by atoms with E-state index in [9.17, 15) is 4.79 Å². The van der Waals surface area contributed by atoms with Gasteiger partial charge in [0.1, 0.15) is 5.75 Å². The molecular weight excluding hydrogens is 382 g/mol. The molecule has 1 aromatic rings. The van der Waals surface area contributed by atoms with E-state index in [2.05, 4.69) is 14.7 Å². The molecule has 4 fully saturated rings. The minimum atomic E-state index is 0.0619. The Kier molecular flexibility index (Phi) is 5.71. The number of ether oxygens (including phenoxy) is 3. The number of nitrogens with zero attached hydrogens (tertiary/aromatic N) is 3. The lowest BCUT2D eigenvalue weighted by atomic mass is 9.81. The van der Waals surface area contributed by atoms with Crippen LogP contribution in [0.1, 0.15) is 23.2 Å². The van der Waals surface area contributed by atoms with Crippen molar-refractivity contribution in [3.63, 3.8) is 0 Å². The van der Waals surface area contributed by atoms with Crippen molar-refractivity contribution in [2.75, 3.05) is 72.8 Å². The van der Waals surface area contributed by atoms with Gasteiger partial charge in [0.25, 0.3) is 5.91 Å². The van der Waals surface area contributed by atoms with Crippen LogP contribution in [0, 0.1) is 5.92 Å². The zero-order valence-electron chi connectivity index (χ0n) is 17.9. The Morgan fingerprint density at radius 3 is 2.80 bits per heavy atom. The van der Waals surface area contributed by atoms with E-state index >= 15 is 0 Å². The quantitative estimate of drug-likeness (QED) is 0.740. The van der Waals surface area contributed by atoms with Crippen LogP contribution in [-0.4, -0.2) is 105 Å². The number of hydrogen-bond donors (Lipinski definition) is 0. The maximum atomic E-state index is 13.4. The first-order chi connectivity index (χ1) is 14.7. The summed E-state index contributed by atoms with van der Waals surface area (Å²) in [6.07, 6.45) is 2.34. The van der Waals surface area contributed by atoms with Gasteiger partial charge in [-0.1, -0.05) is 6.07 Å². The Bertz CT molecular complexity index is 761. The molecule has 4 saturated heterocycles. The third-order valence-corrected chi connectivity index (χ3v) is 7.25. The van der Waals surface area contributed by atoms with Crippen molar-refractivity contribution in [1.82, 2.24) is 14.7 Å². The molecule has 4 heterocycles. The smallest absolute Gasteiger partial charge is 0.254 e. The van der Waals surface area contributed by atoms with E-state index < -0.39 is 0 Å². The molecule has 7 nitrogen and oxygen atoms in total. The zero-order chi connectivity index (χ0) is 20.6. The number of rotatable bonds is 4. The first kappa shape index (κ1) is 20.2. The SMILES string of the molecule is COc1cccc(C(=O)N2CC3COCCN3C3(CN(CC4CCOCC4)C3)C2)c1. The minimum absolute atomic E-state index is 0.0619. The molecule has 4 aliphatic rings. The molecule has 0 bridgehead atoms. The Hall–Kier alpha value is -1.67. The zero-order valence-corrected chi connectivity index (χ0v) is 17.9. The molecule has 4 aliphatic heterocycles. The van der Waals surface area contributed by atoms with Crippen LogP contribution in [-0.2, 0) is 9.47 Å². The molecule has 30 heavy (non-hydrogen) atoms. The van der Waals surface area contributed by atoms with E-state index in [-0.39, 0.29) is 17.5 Å². The van der Waals surface area contributed by atoms with Gasteiger partial charge in [0.15, 0.2) is 0 Å². The highest BCUT2D eigenvalue weighted by Crippen LogP contribution is 2.37. The number of carbonyl (C=O) groups is 1. The van der Waals surface area contributed by atoms with Crippen molar-refractivity contribution >= 4 is 5.91 Å². The molecular formula is C23H33N3O4. The van der Waals surface area contributed by atoms with Crippen LogP contribution >= 0.6 is 0 Å². The predicted molar refractivity (Wildman–Crippen MR) is 113 cm³/mol. The van der Waals surface area contributed by atoms with Crippen LogP contribution in [0.5, 0.6) is 5.75 Å². The van der Waals surface area contributed by atoms with Crippen LogP contribution in [0.4, 0.5) is 0 Å². The molecule has 5 rings (SSSR count). The monoisotopic (exact) mass is 415 g/mol. The van der Waals surface area contributed by atoms with Crippen molar-refractivity contribution in [1.29, 1.82) is 0 Å². The van der Waals surface area contributed by atoms with Crippen LogP contribution in [0.15, 0.2) is 24.3 Å². The van der Waals surface area contributed by atoms with E-state index in [1.54, 1.807) is 7.11 Å². The Labute approximate surface area is 178 Å². The normalized spacial score (nSPS) is 27.5. The number of hydrogen-bond acceptors (Lipinski definition) is 6. The van der Waals surface area contributed by atoms with Crippen LogP contribution in [0.25, 0.3) is 0 Å². The van der Waals surface area contributed by atoms with Crippen molar-refractivity contribution in [3.05, 3.63) is 29.8 Å². The number of morpholine rings is 1. The fourth-order valence-corrected chi connectivity index (χ4v) is 5.78. The number of carbonyl (C=O) groups excluding carboxylic acids is 1. The summed E-state index contributed by atoms with van der Waals surface area (Å²) in [4.78, 5) is 20.6. The Morgan fingerprint density at radius 2 is 2.00 bits per heavy atom. The summed E-state index contributed by atoms with van der Waals surface area (Å²) in [6.45, 7) is 9.05. The second-order valence-electron chi connectivity index (χ2n) is 9.29. The number of methoxy groups -OCH3 is 1. The van der Waals surface area contributed by atoms with Crippen molar-refractivity contribution < 1.29 is 19.0 Å². The summed E-state index contributed by atoms with van der Waals surface area (Å²) < 4.78 is 16.6. The number of benzene rings is 1. The lowest BCUT2D eigenvalue weighted by molar-refractivity contribution is -0.161. The molecule has 1 aromatic carbocycles. The van der Waals surface area contributed by atoms with Crippen LogP contribution in [0.3, 0.4) is 0 Å². The van der Waals surface area contributed by atoms with Crippen molar-refractivity contribution in [2.24, 2.45) is 5.92 Å². The van der Waals surface area contributed by atoms with Gasteiger partial charge in [0, 0.05) is 58.0 Å². The number of amides is 1. The maximum Gasteiger partial charge on any atom is 0.254 e. The molecule has 7 heteroatoms. The average Bonchev–Trinajstić information content (AvgIpc) is 2.78. The van der Waals surface area contributed by atoms with Crippen molar-refractivity contribution in [3.8, 4) is 5.75 Å². The van der Waals surface area contributed by atoms with Crippen LogP contribution < -0.4 is 4.74 Å². The molecule has 1 spiro atoms. The highest BCUT2D eigenvalue weighted by Gasteiger charge is 2.55. The second-order valence-corrected chi connectivity index (χ2v) is 9.29. The van der Waals surface area contributed by atoms with Gasteiger partial charge in [-0.2, -0.15) is 0 Å². The highest BCUT2D eigenvalue weighted by atomic mass is 16.5. The van der Waals surface area contributed by atoms with E-state index in [1.807, 2.05) is 24.3 Å². The van der Waals surface area contributed by atoms with E-state index in [1.165, 1.54) is 12.8 Å². The lowest BCUT2D eigenvalue weighted by Gasteiger charge is -2.63. The summed E-state index contributed by atoms with van der Waals surface area (Å²) in [5, 5.41) is 0. The standard InChI is InChI=1S/C23H33N3O4/c1-28-21-4-2-3-19(11-21)22(27)25-13-20-14-30-10-7-26(20)23(17-25)15-24(16-23)12-18-5-8-29-9-6-18/h2-4,11,18,20H,5-10,12-17H2,1H3. The largest absolute Gasteiger partial charge is 0.497 e. The topological polar surface area (TPSA) is 54.5 Å². The van der Waals surface area contributed by atoms with Crippen LogP contribution in [0.2, 0.25) is 0 Å². The Balaban J connectivity index is 1.30. The fraction of sp³-hybridized carbons (Fsp3) is 0.696. The van der Waals surface area contributed by atoms with Gasteiger partial charge in [0.05, 0.1) is 31.9 Å². The number of fused-ring (bicyclic) bond motifs is 2. The van der Waals surface area contributed by atoms with Gasteiger partial charge in [0.2, 0.25) is 0 Å². The minimum Gasteiger partial charge on any atom is -0.497 e. The molecule has 0 aromatic heterocycles. The molecule has 1 amide bonds. The van der Waals surface area contributed by atoms with Gasteiger partial charge in [-0.25, -0.2) is 0 Å². The van der Waals surface area contributed by atoms with E-state index in [4.69, 9.17) is 14.2 Å². The van der Waals surface area contributed by atoms with Crippen molar-refractivity contribution in [2.45, 2.75) is 24.4 Å². The molecule has 1 atom stereocenters. The molecule has 0 radical (unpaired) electrons. The van der Waals surface area contributed by atoms with Gasteiger partial charge >= 0.3 is 0 Å². The summed E-state index contributed by atoms with van der Waals surface area (Å²) in [5.41, 5.74) is 0.764. The number of piperazine rings is 1. The number of likely N-dealkylation sites (tertiary alicyclic amines) is 1.